The molecule has 0 aromatic heterocycles. The Bertz CT molecular complexity index is 782. The number of carbonyl (C=O) groups is 2. The number of allylic oxidation sites excluding steroid dienone is 8. The van der Waals surface area contributed by atoms with Crippen LogP contribution in [0.4, 0.5) is 0 Å². The Hall–Kier alpha value is -2.14. The zero-order valence-corrected chi connectivity index (χ0v) is 30.1. The van der Waals surface area contributed by atoms with Crippen molar-refractivity contribution in [3.05, 3.63) is 48.6 Å². The van der Waals surface area contributed by atoms with Gasteiger partial charge in [0, 0.05) is 12.8 Å². The number of carbonyl (C=O) groups excluding carboxylic acids is 2. The molecule has 0 aromatic carbocycles. The molecule has 0 aromatic rings. The highest BCUT2D eigenvalue weighted by Gasteiger charge is 2.16. The van der Waals surface area contributed by atoms with Gasteiger partial charge in [-0.3, -0.25) is 9.59 Å². The van der Waals surface area contributed by atoms with Gasteiger partial charge in [0.25, 0.3) is 0 Å². The zero-order chi connectivity index (χ0) is 33.6. The van der Waals surface area contributed by atoms with Crippen molar-refractivity contribution in [2.75, 3.05) is 13.2 Å². The standard InChI is InChI=1S/C41H72O5/c1-3-5-7-9-11-13-15-17-19-20-22-23-25-27-29-31-33-35-40(43)45-38-39(37-42)46-41(44)36-34-32-30-28-26-24-21-18-16-14-12-10-8-6-4-2/h6,8,12,14,17-19,21,39,42H,3-5,7,9-11,13,15-16,20,22-38H2,1-2H3/b8-6-,14-12-,19-17-,21-18-/t39-/m0/s1. The molecule has 1 atom stereocenters. The van der Waals surface area contributed by atoms with Gasteiger partial charge in [0.2, 0.25) is 0 Å². The van der Waals surface area contributed by atoms with Gasteiger partial charge in [-0.25, -0.2) is 0 Å². The molecule has 5 heteroatoms. The lowest BCUT2D eigenvalue weighted by atomic mass is 10.1. The van der Waals surface area contributed by atoms with E-state index >= 15 is 0 Å². The van der Waals surface area contributed by atoms with Gasteiger partial charge in [0.05, 0.1) is 6.61 Å². The van der Waals surface area contributed by atoms with Crippen LogP contribution >= 0.6 is 0 Å². The molecule has 46 heavy (non-hydrogen) atoms. The third-order valence-electron chi connectivity index (χ3n) is 8.11. The number of rotatable bonds is 34. The first kappa shape index (κ1) is 43.9. The second-order valence-electron chi connectivity index (χ2n) is 12.6. The molecule has 0 unspecified atom stereocenters. The molecule has 1 N–H and O–H groups in total. The van der Waals surface area contributed by atoms with Crippen molar-refractivity contribution in [3.8, 4) is 0 Å². The average Bonchev–Trinajstić information content (AvgIpc) is 3.06. The molecule has 0 aliphatic rings. The monoisotopic (exact) mass is 645 g/mol. The van der Waals surface area contributed by atoms with Crippen LogP contribution < -0.4 is 0 Å². The van der Waals surface area contributed by atoms with Crippen molar-refractivity contribution in [3.63, 3.8) is 0 Å². The molecule has 0 rings (SSSR count). The highest BCUT2D eigenvalue weighted by atomic mass is 16.6. The Morgan fingerprint density at radius 3 is 1.43 bits per heavy atom. The summed E-state index contributed by atoms with van der Waals surface area (Å²) in [6, 6.07) is 0. The molecule has 0 saturated heterocycles. The molecule has 0 aliphatic heterocycles. The highest BCUT2D eigenvalue weighted by molar-refractivity contribution is 5.70. The number of hydrogen-bond acceptors (Lipinski definition) is 5. The van der Waals surface area contributed by atoms with Crippen LogP contribution in [-0.4, -0.2) is 36.4 Å². The first-order chi connectivity index (χ1) is 22.6. The number of unbranched alkanes of at least 4 members (excludes halogenated alkanes) is 18. The van der Waals surface area contributed by atoms with Crippen molar-refractivity contribution < 1.29 is 24.2 Å². The lowest BCUT2D eigenvalue weighted by Gasteiger charge is -2.15. The van der Waals surface area contributed by atoms with E-state index in [1.165, 1.54) is 83.5 Å². The molecule has 0 fully saturated rings. The van der Waals surface area contributed by atoms with Crippen molar-refractivity contribution in [2.24, 2.45) is 0 Å². The van der Waals surface area contributed by atoms with Gasteiger partial charge >= 0.3 is 11.9 Å². The third-order valence-corrected chi connectivity index (χ3v) is 8.11. The van der Waals surface area contributed by atoms with Crippen molar-refractivity contribution in [1.29, 1.82) is 0 Å². The zero-order valence-electron chi connectivity index (χ0n) is 30.1. The van der Waals surface area contributed by atoms with Crippen molar-refractivity contribution in [1.82, 2.24) is 0 Å². The van der Waals surface area contributed by atoms with Gasteiger partial charge < -0.3 is 14.6 Å². The van der Waals surface area contributed by atoms with Gasteiger partial charge in [0.15, 0.2) is 6.10 Å². The second-order valence-corrected chi connectivity index (χ2v) is 12.6. The Labute approximate surface area is 284 Å². The van der Waals surface area contributed by atoms with Gasteiger partial charge in [-0.2, -0.15) is 0 Å². The summed E-state index contributed by atoms with van der Waals surface area (Å²) in [7, 11) is 0. The molecule has 0 heterocycles. The summed E-state index contributed by atoms with van der Waals surface area (Å²) in [5.41, 5.74) is 0. The normalized spacial score (nSPS) is 12.7. The molecule has 266 valence electrons. The first-order valence-corrected chi connectivity index (χ1v) is 19.2. The van der Waals surface area contributed by atoms with Crippen molar-refractivity contribution >= 4 is 11.9 Å². The van der Waals surface area contributed by atoms with Gasteiger partial charge in [-0.15, -0.1) is 0 Å². The van der Waals surface area contributed by atoms with Gasteiger partial charge in [-0.05, 0) is 70.6 Å². The van der Waals surface area contributed by atoms with Gasteiger partial charge in [0.1, 0.15) is 6.61 Å². The van der Waals surface area contributed by atoms with E-state index < -0.39 is 6.10 Å². The van der Waals surface area contributed by atoms with Crippen LogP contribution in [0.15, 0.2) is 48.6 Å². The van der Waals surface area contributed by atoms with Gasteiger partial charge in [-0.1, -0.05) is 146 Å². The predicted octanol–water partition coefficient (Wildman–Crippen LogP) is 11.8. The number of aliphatic hydroxyl groups excluding tert-OH is 1. The lowest BCUT2D eigenvalue weighted by molar-refractivity contribution is -0.161. The minimum Gasteiger partial charge on any atom is -0.462 e. The first-order valence-electron chi connectivity index (χ1n) is 19.2. The third kappa shape index (κ3) is 34.7. The summed E-state index contributed by atoms with van der Waals surface area (Å²) in [6.07, 6.45) is 45.9. The molecule has 0 aliphatic carbocycles. The van der Waals surface area contributed by atoms with Crippen LogP contribution in [0.5, 0.6) is 0 Å². The maximum Gasteiger partial charge on any atom is 0.306 e. The van der Waals surface area contributed by atoms with E-state index in [2.05, 4.69) is 62.5 Å². The summed E-state index contributed by atoms with van der Waals surface area (Å²) >= 11 is 0. The predicted molar refractivity (Wildman–Crippen MR) is 196 cm³/mol. The molecule has 0 amide bonds. The smallest absolute Gasteiger partial charge is 0.306 e. The van der Waals surface area contributed by atoms with E-state index in [1.54, 1.807) is 0 Å². The highest BCUT2D eigenvalue weighted by Crippen LogP contribution is 2.13. The number of esters is 2. The molecule has 0 saturated carbocycles. The van der Waals surface area contributed by atoms with Crippen molar-refractivity contribution in [2.45, 2.75) is 187 Å². The second kappa shape index (κ2) is 37.3. The quantitative estimate of drug-likeness (QED) is 0.0429. The summed E-state index contributed by atoms with van der Waals surface area (Å²) < 4.78 is 10.6. The summed E-state index contributed by atoms with van der Waals surface area (Å²) in [5.74, 6) is -0.617. The van der Waals surface area contributed by atoms with E-state index in [-0.39, 0.29) is 25.2 Å². The molecule has 0 bridgehead atoms. The van der Waals surface area contributed by atoms with Crippen LogP contribution in [0.2, 0.25) is 0 Å². The summed E-state index contributed by atoms with van der Waals surface area (Å²) in [6.45, 7) is 4.00. The molecule has 5 nitrogen and oxygen atoms in total. The average molecular weight is 645 g/mol. The molecular weight excluding hydrogens is 572 g/mol. The maximum absolute atomic E-state index is 12.1. The maximum atomic E-state index is 12.1. The molecular formula is C41H72O5. The number of hydrogen-bond donors (Lipinski definition) is 1. The Morgan fingerprint density at radius 2 is 0.935 bits per heavy atom. The molecule has 0 radical (unpaired) electrons. The summed E-state index contributed by atoms with van der Waals surface area (Å²) in [5, 5.41) is 9.54. The lowest BCUT2D eigenvalue weighted by Crippen LogP contribution is -2.28. The Morgan fingerprint density at radius 1 is 0.522 bits per heavy atom. The SMILES string of the molecule is CC/C=C\C/C=C\C/C=C\CCCCCCCC(=O)O[C@@H](CO)COC(=O)CCCCCCCCC/C=C\CCCCCCCC. The minimum absolute atomic E-state index is 0.0757. The fourth-order valence-electron chi connectivity index (χ4n) is 5.21. The minimum atomic E-state index is -0.781. The van der Waals surface area contributed by atoms with Crippen LogP contribution in [0.25, 0.3) is 0 Å². The van der Waals surface area contributed by atoms with E-state index in [0.29, 0.717) is 12.8 Å². The molecule has 0 spiro atoms. The number of ether oxygens (including phenoxy) is 2. The Kier molecular flexibility index (Phi) is 35.6. The van der Waals surface area contributed by atoms with E-state index in [1.807, 2.05) is 0 Å². The van der Waals surface area contributed by atoms with Crippen LogP contribution in [0.3, 0.4) is 0 Å². The van der Waals surface area contributed by atoms with E-state index in [9.17, 15) is 14.7 Å². The van der Waals surface area contributed by atoms with E-state index in [0.717, 1.165) is 70.6 Å². The summed E-state index contributed by atoms with van der Waals surface area (Å²) in [4.78, 5) is 24.2. The largest absolute Gasteiger partial charge is 0.462 e. The Balaban J connectivity index is 3.59. The van der Waals surface area contributed by atoms with Crippen LogP contribution in [0, 0.1) is 0 Å². The fourth-order valence-corrected chi connectivity index (χ4v) is 5.21. The fraction of sp³-hybridized carbons (Fsp3) is 0.756. The number of aliphatic hydroxyl groups is 1. The van der Waals surface area contributed by atoms with E-state index in [4.69, 9.17) is 9.47 Å². The van der Waals surface area contributed by atoms with Crippen LogP contribution in [0.1, 0.15) is 181 Å². The topological polar surface area (TPSA) is 72.8 Å². The van der Waals surface area contributed by atoms with Crippen LogP contribution in [-0.2, 0) is 19.1 Å².